The molecule has 1 aromatic carbocycles. The lowest BCUT2D eigenvalue weighted by Gasteiger charge is -2.36. The minimum Gasteiger partial charge on any atom is -0.368 e. The third kappa shape index (κ3) is 5.07. The van der Waals surface area contributed by atoms with Crippen LogP contribution in [-0.4, -0.2) is 47.9 Å². The molecule has 0 spiro atoms. The van der Waals surface area contributed by atoms with Crippen LogP contribution in [0.2, 0.25) is 0 Å². The van der Waals surface area contributed by atoms with Gasteiger partial charge < -0.3 is 15.1 Å². The van der Waals surface area contributed by atoms with Gasteiger partial charge in [-0.3, -0.25) is 9.59 Å². The molecule has 1 N–H and O–H groups in total. The number of thiazole rings is 1. The normalized spacial score (nSPS) is 14.9. The molecule has 0 bridgehead atoms. The second kappa shape index (κ2) is 8.08. The molecule has 2 aromatic rings. The van der Waals surface area contributed by atoms with E-state index in [0.717, 1.165) is 13.1 Å². The molecule has 0 aliphatic carbocycles. The van der Waals surface area contributed by atoms with E-state index >= 15 is 0 Å². The molecular formula is C20H26N4O2S. The number of carbonyl (C=O) groups is 2. The predicted molar refractivity (Wildman–Crippen MR) is 109 cm³/mol. The van der Waals surface area contributed by atoms with Crippen LogP contribution >= 0.6 is 11.3 Å². The monoisotopic (exact) mass is 386 g/mol. The van der Waals surface area contributed by atoms with Gasteiger partial charge in [0.05, 0.1) is 12.1 Å². The quantitative estimate of drug-likeness (QED) is 0.877. The number of rotatable bonds is 4. The standard InChI is InChI=1S/C20H26N4O2S/c1-20(2,3)18(26)22-19-21-15(14-27-19)13-17(25)24-11-9-23(10-12-24)16-7-5-4-6-8-16/h4-8,14H,9-13H2,1-3H3,(H,21,22,26). The van der Waals surface area contributed by atoms with E-state index in [1.54, 1.807) is 0 Å². The van der Waals surface area contributed by atoms with Crippen LogP contribution in [0.5, 0.6) is 0 Å². The Hall–Kier alpha value is -2.41. The number of hydrogen-bond acceptors (Lipinski definition) is 5. The third-order valence-electron chi connectivity index (χ3n) is 4.54. The van der Waals surface area contributed by atoms with E-state index in [0.29, 0.717) is 23.9 Å². The molecule has 1 saturated heterocycles. The van der Waals surface area contributed by atoms with E-state index in [2.05, 4.69) is 27.3 Å². The van der Waals surface area contributed by atoms with E-state index in [-0.39, 0.29) is 18.2 Å². The minimum atomic E-state index is -0.472. The zero-order valence-corrected chi connectivity index (χ0v) is 16.9. The number of nitrogens with one attached hydrogen (secondary N) is 1. The van der Waals surface area contributed by atoms with Gasteiger partial charge in [-0.2, -0.15) is 0 Å². The molecule has 1 aliphatic rings. The fraction of sp³-hybridized carbons (Fsp3) is 0.450. The molecule has 6 nitrogen and oxygen atoms in total. The number of carbonyl (C=O) groups excluding carboxylic acids is 2. The van der Waals surface area contributed by atoms with Gasteiger partial charge in [-0.05, 0) is 12.1 Å². The summed E-state index contributed by atoms with van der Waals surface area (Å²) < 4.78 is 0. The van der Waals surface area contributed by atoms with Crippen LogP contribution in [0.15, 0.2) is 35.7 Å². The van der Waals surface area contributed by atoms with E-state index in [1.165, 1.54) is 17.0 Å². The molecule has 0 radical (unpaired) electrons. The SMILES string of the molecule is CC(C)(C)C(=O)Nc1nc(CC(=O)N2CCN(c3ccccc3)CC2)cs1. The van der Waals surface area contributed by atoms with Gasteiger partial charge in [0.25, 0.3) is 0 Å². The largest absolute Gasteiger partial charge is 0.368 e. The maximum absolute atomic E-state index is 12.6. The Bertz CT molecular complexity index is 790. The van der Waals surface area contributed by atoms with E-state index in [4.69, 9.17) is 0 Å². The highest BCUT2D eigenvalue weighted by Gasteiger charge is 2.24. The molecule has 0 saturated carbocycles. The van der Waals surface area contributed by atoms with Crippen molar-refractivity contribution in [1.29, 1.82) is 0 Å². The van der Waals surface area contributed by atoms with E-state index < -0.39 is 5.41 Å². The molecule has 1 aliphatic heterocycles. The van der Waals surface area contributed by atoms with Crippen molar-refractivity contribution in [2.45, 2.75) is 27.2 Å². The first kappa shape index (κ1) is 19.4. The second-order valence-corrected chi connectivity index (χ2v) is 8.59. The van der Waals surface area contributed by atoms with Crippen molar-refractivity contribution in [3.8, 4) is 0 Å². The number of para-hydroxylation sites is 1. The number of piperazine rings is 1. The average Bonchev–Trinajstić information content (AvgIpc) is 3.08. The molecule has 27 heavy (non-hydrogen) atoms. The van der Waals surface area contributed by atoms with Crippen molar-refractivity contribution < 1.29 is 9.59 Å². The summed E-state index contributed by atoms with van der Waals surface area (Å²) >= 11 is 1.36. The lowest BCUT2D eigenvalue weighted by atomic mass is 9.96. The summed E-state index contributed by atoms with van der Waals surface area (Å²) in [7, 11) is 0. The maximum atomic E-state index is 12.6. The summed E-state index contributed by atoms with van der Waals surface area (Å²) in [5.74, 6) is 0.00784. The number of benzene rings is 1. The predicted octanol–water partition coefficient (Wildman–Crippen LogP) is 3.02. The highest BCUT2D eigenvalue weighted by atomic mass is 32.1. The summed E-state index contributed by atoms with van der Waals surface area (Å²) in [6, 6.07) is 10.3. The summed E-state index contributed by atoms with van der Waals surface area (Å²) in [4.78, 5) is 33.2. The summed E-state index contributed by atoms with van der Waals surface area (Å²) in [6.07, 6.45) is 0.271. The van der Waals surface area contributed by atoms with Crippen LogP contribution in [0.25, 0.3) is 0 Å². The van der Waals surface area contributed by atoms with Gasteiger partial charge in [0.2, 0.25) is 11.8 Å². The maximum Gasteiger partial charge on any atom is 0.231 e. The van der Waals surface area contributed by atoms with Crippen molar-refractivity contribution in [2.75, 3.05) is 36.4 Å². The highest BCUT2D eigenvalue weighted by Crippen LogP contribution is 2.21. The van der Waals surface area contributed by atoms with Crippen molar-refractivity contribution in [1.82, 2.24) is 9.88 Å². The first-order valence-electron chi connectivity index (χ1n) is 9.16. The molecule has 1 aromatic heterocycles. The molecule has 7 heteroatoms. The van der Waals surface area contributed by atoms with E-state index in [9.17, 15) is 9.59 Å². The lowest BCUT2D eigenvalue weighted by Crippen LogP contribution is -2.49. The Morgan fingerprint density at radius 1 is 1.11 bits per heavy atom. The zero-order chi connectivity index (χ0) is 19.4. The molecule has 3 rings (SSSR count). The number of hydrogen-bond donors (Lipinski definition) is 1. The summed E-state index contributed by atoms with van der Waals surface area (Å²) in [5, 5.41) is 5.21. The summed E-state index contributed by atoms with van der Waals surface area (Å²) in [6.45, 7) is 8.66. The second-order valence-electron chi connectivity index (χ2n) is 7.73. The molecule has 2 amide bonds. The molecule has 144 valence electrons. The van der Waals surface area contributed by atoms with Crippen LogP contribution in [0.1, 0.15) is 26.5 Å². The smallest absolute Gasteiger partial charge is 0.231 e. The molecule has 0 unspecified atom stereocenters. The zero-order valence-electron chi connectivity index (χ0n) is 16.1. The average molecular weight is 387 g/mol. The van der Waals surface area contributed by atoms with Crippen LogP contribution in [-0.2, 0) is 16.0 Å². The number of amides is 2. The van der Waals surface area contributed by atoms with Gasteiger partial charge >= 0.3 is 0 Å². The van der Waals surface area contributed by atoms with Gasteiger partial charge in [0.15, 0.2) is 5.13 Å². The first-order valence-corrected chi connectivity index (χ1v) is 10.0. The minimum absolute atomic E-state index is 0.0771. The molecule has 2 heterocycles. The number of aromatic nitrogens is 1. The van der Waals surface area contributed by atoms with Gasteiger partial charge in [0, 0.05) is 42.7 Å². The number of anilines is 2. The molecular weight excluding hydrogens is 360 g/mol. The Morgan fingerprint density at radius 3 is 2.41 bits per heavy atom. The van der Waals surface area contributed by atoms with Crippen molar-refractivity contribution in [2.24, 2.45) is 5.41 Å². The fourth-order valence-corrected chi connectivity index (χ4v) is 3.56. The van der Waals surface area contributed by atoms with Crippen molar-refractivity contribution in [3.05, 3.63) is 41.4 Å². The molecule has 0 atom stereocenters. The van der Waals surface area contributed by atoms with Crippen LogP contribution < -0.4 is 10.2 Å². The summed E-state index contributed by atoms with van der Waals surface area (Å²) in [5.41, 5.74) is 1.43. The van der Waals surface area contributed by atoms with Gasteiger partial charge in [-0.25, -0.2) is 4.98 Å². The van der Waals surface area contributed by atoms with Crippen LogP contribution in [0.4, 0.5) is 10.8 Å². The molecule has 1 fully saturated rings. The first-order chi connectivity index (χ1) is 12.8. The third-order valence-corrected chi connectivity index (χ3v) is 5.35. The topological polar surface area (TPSA) is 65.5 Å². The van der Waals surface area contributed by atoms with Gasteiger partial charge in [-0.1, -0.05) is 39.0 Å². The van der Waals surface area contributed by atoms with E-state index in [1.807, 2.05) is 49.3 Å². The van der Waals surface area contributed by atoms with Gasteiger partial charge in [-0.15, -0.1) is 11.3 Å². The van der Waals surface area contributed by atoms with Crippen molar-refractivity contribution >= 4 is 34.0 Å². The van der Waals surface area contributed by atoms with Crippen LogP contribution in [0.3, 0.4) is 0 Å². The van der Waals surface area contributed by atoms with Crippen LogP contribution in [0, 0.1) is 5.41 Å². The number of nitrogens with zero attached hydrogens (tertiary/aromatic N) is 3. The Labute approximate surface area is 164 Å². The lowest BCUT2D eigenvalue weighted by molar-refractivity contribution is -0.130. The van der Waals surface area contributed by atoms with Crippen molar-refractivity contribution in [3.63, 3.8) is 0 Å². The fourth-order valence-electron chi connectivity index (χ4n) is 2.85. The van der Waals surface area contributed by atoms with Gasteiger partial charge in [0.1, 0.15) is 0 Å². The Kier molecular flexibility index (Phi) is 5.79. The Balaban J connectivity index is 1.51. The Morgan fingerprint density at radius 2 is 1.78 bits per heavy atom. The highest BCUT2D eigenvalue weighted by molar-refractivity contribution is 7.13.